The van der Waals surface area contributed by atoms with E-state index in [9.17, 15) is 4.79 Å². The van der Waals surface area contributed by atoms with Crippen molar-refractivity contribution in [3.63, 3.8) is 0 Å². The molecule has 1 saturated carbocycles. The molecule has 3 nitrogen and oxygen atoms in total. The molecule has 0 bridgehead atoms. The van der Waals surface area contributed by atoms with Gasteiger partial charge in [0.2, 0.25) is 0 Å². The summed E-state index contributed by atoms with van der Waals surface area (Å²) in [4.78, 5) is 11.5. The summed E-state index contributed by atoms with van der Waals surface area (Å²) in [5.74, 6) is 0. The summed E-state index contributed by atoms with van der Waals surface area (Å²) in [5, 5.41) is 5.77. The van der Waals surface area contributed by atoms with Crippen LogP contribution in [-0.2, 0) is 0 Å². The zero-order chi connectivity index (χ0) is 10.8. The SMILES string of the molecule is Cc1cccc(NC(=O)NC2CC2)c1C. The fourth-order valence-corrected chi connectivity index (χ4v) is 1.46. The van der Waals surface area contributed by atoms with E-state index in [1.54, 1.807) is 0 Å². The third-order valence-electron chi connectivity index (χ3n) is 2.77. The van der Waals surface area contributed by atoms with Crippen LogP contribution >= 0.6 is 0 Å². The van der Waals surface area contributed by atoms with Gasteiger partial charge in [0, 0.05) is 11.7 Å². The summed E-state index contributed by atoms with van der Waals surface area (Å²) in [7, 11) is 0. The number of carbonyl (C=O) groups excluding carboxylic acids is 1. The maximum Gasteiger partial charge on any atom is 0.319 e. The lowest BCUT2D eigenvalue weighted by molar-refractivity contribution is 0.251. The van der Waals surface area contributed by atoms with Gasteiger partial charge in [-0.15, -0.1) is 0 Å². The number of aryl methyl sites for hydroxylation is 1. The first-order chi connectivity index (χ1) is 7.16. The lowest BCUT2D eigenvalue weighted by Crippen LogP contribution is -2.30. The van der Waals surface area contributed by atoms with Crippen LogP contribution in [0.25, 0.3) is 0 Å². The maximum absolute atomic E-state index is 11.5. The molecule has 1 aliphatic carbocycles. The van der Waals surface area contributed by atoms with Gasteiger partial charge in [-0.3, -0.25) is 0 Å². The molecule has 0 atom stereocenters. The molecule has 2 amide bonds. The van der Waals surface area contributed by atoms with Crippen molar-refractivity contribution in [2.24, 2.45) is 0 Å². The van der Waals surface area contributed by atoms with Gasteiger partial charge < -0.3 is 10.6 Å². The van der Waals surface area contributed by atoms with Gasteiger partial charge in [0.1, 0.15) is 0 Å². The van der Waals surface area contributed by atoms with Crippen LogP contribution in [0.5, 0.6) is 0 Å². The number of hydrogen-bond donors (Lipinski definition) is 2. The lowest BCUT2D eigenvalue weighted by atomic mass is 10.1. The zero-order valence-electron chi connectivity index (χ0n) is 9.13. The van der Waals surface area contributed by atoms with Gasteiger partial charge in [-0.2, -0.15) is 0 Å². The number of amides is 2. The average molecular weight is 204 g/mol. The fraction of sp³-hybridized carbons (Fsp3) is 0.417. The molecule has 80 valence electrons. The molecule has 15 heavy (non-hydrogen) atoms. The van der Waals surface area contributed by atoms with Gasteiger partial charge >= 0.3 is 6.03 Å². The number of carbonyl (C=O) groups is 1. The van der Waals surface area contributed by atoms with Crippen LogP contribution in [0, 0.1) is 13.8 Å². The van der Waals surface area contributed by atoms with E-state index in [2.05, 4.69) is 10.6 Å². The number of rotatable bonds is 2. The van der Waals surface area contributed by atoms with Crippen LogP contribution in [0.2, 0.25) is 0 Å². The summed E-state index contributed by atoms with van der Waals surface area (Å²) in [6.45, 7) is 4.06. The Morgan fingerprint density at radius 3 is 2.73 bits per heavy atom. The fourth-order valence-electron chi connectivity index (χ4n) is 1.46. The normalized spacial score (nSPS) is 14.8. The predicted molar refractivity (Wildman–Crippen MR) is 61.1 cm³/mol. The van der Waals surface area contributed by atoms with E-state index >= 15 is 0 Å². The van der Waals surface area contributed by atoms with Gasteiger partial charge in [-0.05, 0) is 43.9 Å². The predicted octanol–water partition coefficient (Wildman–Crippen LogP) is 2.59. The molecule has 1 aliphatic rings. The van der Waals surface area contributed by atoms with E-state index in [-0.39, 0.29) is 6.03 Å². The van der Waals surface area contributed by atoms with Crippen LogP contribution in [-0.4, -0.2) is 12.1 Å². The van der Waals surface area contributed by atoms with Crippen LogP contribution in [0.15, 0.2) is 18.2 Å². The number of urea groups is 1. The van der Waals surface area contributed by atoms with E-state index < -0.39 is 0 Å². The number of hydrogen-bond acceptors (Lipinski definition) is 1. The van der Waals surface area contributed by atoms with Crippen molar-refractivity contribution >= 4 is 11.7 Å². The first-order valence-corrected chi connectivity index (χ1v) is 5.30. The molecular weight excluding hydrogens is 188 g/mol. The van der Waals surface area contributed by atoms with Crippen molar-refractivity contribution < 1.29 is 4.79 Å². The second kappa shape index (κ2) is 3.93. The smallest absolute Gasteiger partial charge is 0.319 e. The number of anilines is 1. The minimum atomic E-state index is -0.0915. The summed E-state index contributed by atoms with van der Waals surface area (Å²) >= 11 is 0. The molecular formula is C12H16N2O. The summed E-state index contributed by atoms with van der Waals surface area (Å²) < 4.78 is 0. The van der Waals surface area contributed by atoms with E-state index in [0.717, 1.165) is 24.1 Å². The van der Waals surface area contributed by atoms with Crippen molar-refractivity contribution in [3.8, 4) is 0 Å². The minimum Gasteiger partial charge on any atom is -0.335 e. The Balaban J connectivity index is 2.02. The highest BCUT2D eigenvalue weighted by atomic mass is 16.2. The third-order valence-corrected chi connectivity index (χ3v) is 2.77. The van der Waals surface area contributed by atoms with Crippen molar-refractivity contribution in [2.45, 2.75) is 32.7 Å². The van der Waals surface area contributed by atoms with Crippen molar-refractivity contribution in [2.75, 3.05) is 5.32 Å². The first-order valence-electron chi connectivity index (χ1n) is 5.30. The molecule has 2 rings (SSSR count). The Hall–Kier alpha value is -1.51. The molecule has 0 spiro atoms. The van der Waals surface area contributed by atoms with Crippen molar-refractivity contribution in [1.82, 2.24) is 5.32 Å². The molecule has 0 radical (unpaired) electrons. The average Bonchev–Trinajstić information content (AvgIpc) is 2.97. The highest BCUT2D eigenvalue weighted by molar-refractivity contribution is 5.90. The van der Waals surface area contributed by atoms with Crippen LogP contribution < -0.4 is 10.6 Å². The van der Waals surface area contributed by atoms with Gasteiger partial charge in [0.05, 0.1) is 0 Å². The van der Waals surface area contributed by atoms with E-state index in [1.807, 2.05) is 32.0 Å². The zero-order valence-corrected chi connectivity index (χ0v) is 9.13. The quantitative estimate of drug-likeness (QED) is 0.763. The largest absolute Gasteiger partial charge is 0.335 e. The van der Waals surface area contributed by atoms with E-state index in [4.69, 9.17) is 0 Å². The van der Waals surface area contributed by atoms with Crippen molar-refractivity contribution in [3.05, 3.63) is 29.3 Å². The second-order valence-corrected chi connectivity index (χ2v) is 4.12. The number of nitrogens with one attached hydrogen (secondary N) is 2. The topological polar surface area (TPSA) is 41.1 Å². The summed E-state index contributed by atoms with van der Waals surface area (Å²) in [6, 6.07) is 6.23. The Labute approximate surface area is 89.9 Å². The molecule has 1 aromatic carbocycles. The summed E-state index contributed by atoms with van der Waals surface area (Å²) in [6.07, 6.45) is 2.22. The molecule has 1 aromatic rings. The molecule has 1 fully saturated rings. The van der Waals surface area contributed by atoms with Gasteiger partial charge in [0.25, 0.3) is 0 Å². The van der Waals surface area contributed by atoms with Crippen LogP contribution in [0.4, 0.5) is 10.5 Å². The molecule has 0 aliphatic heterocycles. The van der Waals surface area contributed by atoms with Crippen LogP contribution in [0.1, 0.15) is 24.0 Å². The standard InChI is InChI=1S/C12H16N2O/c1-8-4-3-5-11(9(8)2)14-12(15)13-10-6-7-10/h3-5,10H,6-7H2,1-2H3,(H2,13,14,15). The monoisotopic (exact) mass is 204 g/mol. The third kappa shape index (κ3) is 2.49. The maximum atomic E-state index is 11.5. The van der Waals surface area contributed by atoms with Gasteiger partial charge in [0.15, 0.2) is 0 Å². The Kier molecular flexibility index (Phi) is 2.62. The molecule has 0 saturated heterocycles. The molecule has 0 unspecified atom stereocenters. The molecule has 0 aromatic heterocycles. The second-order valence-electron chi connectivity index (χ2n) is 4.12. The highest BCUT2D eigenvalue weighted by Gasteiger charge is 2.23. The lowest BCUT2D eigenvalue weighted by Gasteiger charge is -2.10. The highest BCUT2D eigenvalue weighted by Crippen LogP contribution is 2.20. The Morgan fingerprint density at radius 2 is 2.07 bits per heavy atom. The molecule has 3 heteroatoms. The molecule has 2 N–H and O–H groups in total. The van der Waals surface area contributed by atoms with Gasteiger partial charge in [-0.1, -0.05) is 12.1 Å². The van der Waals surface area contributed by atoms with Crippen LogP contribution in [0.3, 0.4) is 0 Å². The Bertz CT molecular complexity index is 383. The van der Waals surface area contributed by atoms with E-state index in [1.165, 1.54) is 5.56 Å². The van der Waals surface area contributed by atoms with Crippen molar-refractivity contribution in [1.29, 1.82) is 0 Å². The van der Waals surface area contributed by atoms with Gasteiger partial charge in [-0.25, -0.2) is 4.79 Å². The molecule has 0 heterocycles. The Morgan fingerprint density at radius 1 is 1.33 bits per heavy atom. The summed E-state index contributed by atoms with van der Waals surface area (Å²) in [5.41, 5.74) is 3.22. The number of benzene rings is 1. The first kappa shape index (κ1) is 10.0. The van der Waals surface area contributed by atoms with E-state index in [0.29, 0.717) is 6.04 Å². The minimum absolute atomic E-state index is 0.0915.